The van der Waals surface area contributed by atoms with Gasteiger partial charge in [-0.15, -0.1) is 0 Å². The molecule has 6 heterocycles. The maximum atomic E-state index is 12.6. The molecule has 0 saturated carbocycles. The van der Waals surface area contributed by atoms with Crippen molar-refractivity contribution in [1.82, 2.24) is 0 Å². The number of aliphatic hydroxyl groups is 13. The number of esters is 1. The molecule has 0 aromatic carbocycles. The van der Waals surface area contributed by atoms with Gasteiger partial charge < -0.3 is 133 Å². The second kappa shape index (κ2) is 21.0. The van der Waals surface area contributed by atoms with E-state index in [0.717, 1.165) is 13.8 Å². The van der Waals surface area contributed by atoms with Crippen LogP contribution in [0, 0.1) is 0 Å². The van der Waals surface area contributed by atoms with E-state index in [0.29, 0.717) is 0 Å². The quantitative estimate of drug-likeness (QED) is 0.0719. The van der Waals surface area contributed by atoms with E-state index in [1.54, 1.807) is 0 Å². The van der Waals surface area contributed by atoms with Gasteiger partial charge in [0.2, 0.25) is 0 Å². The highest BCUT2D eigenvalue weighted by Gasteiger charge is 2.59. The lowest BCUT2D eigenvalue weighted by Crippen LogP contribution is -2.69. The van der Waals surface area contributed by atoms with Crippen LogP contribution in [0.25, 0.3) is 0 Å². The summed E-state index contributed by atoms with van der Waals surface area (Å²) in [4.78, 5) is 35.9. The van der Waals surface area contributed by atoms with Crippen LogP contribution >= 0.6 is 0 Å². The molecule has 6 saturated heterocycles. The van der Waals surface area contributed by atoms with E-state index < -0.39 is 204 Å². The first-order valence-corrected chi connectivity index (χ1v) is 20.0. The van der Waals surface area contributed by atoms with Gasteiger partial charge in [-0.05, 0) is 0 Å². The smallest absolute Gasteiger partial charge is 0.364 e. The third-order valence-electron chi connectivity index (χ3n) is 11.6. The fourth-order valence-corrected chi connectivity index (χ4v) is 7.92. The second-order valence-electron chi connectivity index (χ2n) is 16.1. The third-order valence-corrected chi connectivity index (χ3v) is 11.6. The molecule has 0 spiro atoms. The fourth-order valence-electron chi connectivity index (χ4n) is 7.92. The standard InChI is InChI=1S/C35H54O30/c1-7(38)54-5-10-12(39)14(41)26(33(58-10)61-24-13(40)8(3-36)57-32(21(24)48)60-22-9(4-37)56-29(51)18(45)15(22)42)63-31-20(47)17(44)25(27(64-31)28(49)50)62-30-19(46)16(43)23-11(59-30)6-55-35(2,65-23)34(52)53/h8-27,29-33,36-37,39-48,51H,3-6H2,1-2H3,(H,49,50)(H,52,53)/t8-,9-,10-,11-,12-,13-,14+,15-,16-,17-,18-,19+,20-,21-,22-,23-,24+,25+,26+,27+,29?,30+,31-,32+,33-,35?/m1/s1. The summed E-state index contributed by atoms with van der Waals surface area (Å²) in [6.45, 7) is -1.23. The fraction of sp³-hybridized carbons (Fsp3) is 0.914. The van der Waals surface area contributed by atoms with Crippen molar-refractivity contribution in [2.45, 2.75) is 173 Å². The summed E-state index contributed by atoms with van der Waals surface area (Å²) in [6.07, 6.45) is -50.2. The topological polar surface area (TPSA) is 465 Å². The number of ether oxygens (including phenoxy) is 12. The molecule has 6 fully saturated rings. The normalized spacial score (nSPS) is 50.5. The van der Waals surface area contributed by atoms with Crippen LogP contribution in [0.4, 0.5) is 0 Å². The summed E-state index contributed by atoms with van der Waals surface area (Å²) in [5.74, 6) is -6.60. The van der Waals surface area contributed by atoms with Crippen molar-refractivity contribution >= 4 is 17.9 Å². The number of carboxylic acids is 2. The summed E-state index contributed by atoms with van der Waals surface area (Å²) < 4.78 is 65.4. The molecule has 30 heteroatoms. The van der Waals surface area contributed by atoms with Gasteiger partial charge in [-0.3, -0.25) is 4.79 Å². The van der Waals surface area contributed by atoms with Crippen molar-refractivity contribution in [3.05, 3.63) is 0 Å². The number of aliphatic carboxylic acids is 2. The zero-order valence-corrected chi connectivity index (χ0v) is 34.1. The Bertz CT molecular complexity index is 1620. The van der Waals surface area contributed by atoms with Crippen LogP contribution in [-0.2, 0) is 71.2 Å². The van der Waals surface area contributed by atoms with E-state index in [9.17, 15) is 91.0 Å². The van der Waals surface area contributed by atoms with Gasteiger partial charge in [-0.1, -0.05) is 0 Å². The number of hydrogen-bond acceptors (Lipinski definition) is 28. The summed E-state index contributed by atoms with van der Waals surface area (Å²) in [5.41, 5.74) is 0. The van der Waals surface area contributed by atoms with Gasteiger partial charge >= 0.3 is 17.9 Å². The number of rotatable bonds is 14. The molecule has 2 unspecified atom stereocenters. The Kier molecular flexibility index (Phi) is 16.7. The van der Waals surface area contributed by atoms with E-state index in [4.69, 9.17) is 56.8 Å². The van der Waals surface area contributed by atoms with E-state index in [-0.39, 0.29) is 0 Å². The third kappa shape index (κ3) is 10.6. The Morgan fingerprint density at radius 2 is 1.09 bits per heavy atom. The SMILES string of the molecule is CC(=O)OC[C@H]1O[C@H](O[C@@H]2[C@@H](O)[C@H](O[C@H]3[C@H](O)[C@@H](O)C(O)O[C@@H]3CO)O[C@H](CO)[C@H]2O)[C@@H](O[C@@H]2O[C@H](C(=O)O)[C@@H](O[C@@H]3O[C@@H]4COC(C)(C(=O)O)O[C@H]4[C@H](O)[C@@H]3O)[C@H](O)[C@H]2O)[C@@H](O)[C@@H]1O. The van der Waals surface area contributed by atoms with Crippen molar-refractivity contribution in [3.8, 4) is 0 Å². The first-order valence-electron chi connectivity index (χ1n) is 20.0. The predicted molar refractivity (Wildman–Crippen MR) is 190 cm³/mol. The number of fused-ring (bicyclic) bond motifs is 1. The number of carboxylic acid groups (broad SMARTS) is 2. The van der Waals surface area contributed by atoms with E-state index in [1.807, 2.05) is 0 Å². The van der Waals surface area contributed by atoms with Gasteiger partial charge in [0.1, 0.15) is 123 Å². The molecule has 374 valence electrons. The highest BCUT2D eigenvalue weighted by atomic mass is 16.8. The molecule has 0 aromatic heterocycles. The lowest BCUT2D eigenvalue weighted by molar-refractivity contribution is -0.406. The van der Waals surface area contributed by atoms with Crippen molar-refractivity contribution in [2.75, 3.05) is 26.4 Å². The molecule has 15 N–H and O–H groups in total. The lowest BCUT2D eigenvalue weighted by Gasteiger charge is -2.50. The highest BCUT2D eigenvalue weighted by Crippen LogP contribution is 2.38. The molecular formula is C35H54O30. The molecular weight excluding hydrogens is 900 g/mol. The Morgan fingerprint density at radius 3 is 1.71 bits per heavy atom. The Labute approximate surface area is 365 Å². The number of carbonyl (C=O) groups excluding carboxylic acids is 1. The zero-order chi connectivity index (χ0) is 48.0. The average molecular weight is 955 g/mol. The van der Waals surface area contributed by atoms with E-state index in [2.05, 4.69) is 0 Å². The van der Waals surface area contributed by atoms with Crippen LogP contribution in [0.15, 0.2) is 0 Å². The maximum Gasteiger partial charge on any atom is 0.364 e. The largest absolute Gasteiger partial charge is 0.479 e. The van der Waals surface area contributed by atoms with Gasteiger partial charge in [0, 0.05) is 13.8 Å². The molecule has 0 amide bonds. The summed E-state index contributed by atoms with van der Waals surface area (Å²) in [6, 6.07) is 0. The molecule has 65 heavy (non-hydrogen) atoms. The molecule has 30 nitrogen and oxygen atoms in total. The second-order valence-corrected chi connectivity index (χ2v) is 16.1. The molecule has 6 rings (SSSR count). The minimum Gasteiger partial charge on any atom is -0.479 e. The highest BCUT2D eigenvalue weighted by molar-refractivity contribution is 5.75. The van der Waals surface area contributed by atoms with Gasteiger partial charge in [0.05, 0.1) is 19.8 Å². The van der Waals surface area contributed by atoms with Crippen LogP contribution in [0.5, 0.6) is 0 Å². The maximum absolute atomic E-state index is 12.6. The zero-order valence-electron chi connectivity index (χ0n) is 34.1. The first kappa shape index (κ1) is 51.8. The lowest BCUT2D eigenvalue weighted by atomic mass is 9.95. The molecule has 0 radical (unpaired) electrons. The van der Waals surface area contributed by atoms with Crippen molar-refractivity contribution in [3.63, 3.8) is 0 Å². The minimum absolute atomic E-state index is 0.543. The Balaban J connectivity index is 1.22. The molecule has 6 aliphatic rings. The summed E-state index contributed by atoms with van der Waals surface area (Å²) in [5, 5.41) is 159. The molecule has 26 atom stereocenters. The monoisotopic (exact) mass is 954 g/mol. The van der Waals surface area contributed by atoms with Crippen LogP contribution < -0.4 is 0 Å². The first-order chi connectivity index (χ1) is 30.5. The molecule has 0 bridgehead atoms. The van der Waals surface area contributed by atoms with Gasteiger partial charge in [-0.2, -0.15) is 0 Å². The Hall–Kier alpha value is -2.55. The van der Waals surface area contributed by atoms with Crippen molar-refractivity contribution in [2.24, 2.45) is 0 Å². The summed E-state index contributed by atoms with van der Waals surface area (Å²) in [7, 11) is 0. The van der Waals surface area contributed by atoms with Crippen LogP contribution in [0.1, 0.15) is 13.8 Å². The molecule has 0 aliphatic carbocycles. The number of hydrogen-bond donors (Lipinski definition) is 15. The van der Waals surface area contributed by atoms with Crippen LogP contribution in [0.3, 0.4) is 0 Å². The van der Waals surface area contributed by atoms with Gasteiger partial charge in [-0.25, -0.2) is 9.59 Å². The Morgan fingerprint density at radius 1 is 0.554 bits per heavy atom. The number of carbonyl (C=O) groups is 3. The van der Waals surface area contributed by atoms with Crippen molar-refractivity contribution in [1.29, 1.82) is 0 Å². The molecule has 0 aromatic rings. The average Bonchev–Trinajstić information content (AvgIpc) is 3.26. The predicted octanol–water partition coefficient (Wildman–Crippen LogP) is -10.4. The van der Waals surface area contributed by atoms with Crippen LogP contribution in [0.2, 0.25) is 0 Å². The van der Waals surface area contributed by atoms with E-state index >= 15 is 0 Å². The van der Waals surface area contributed by atoms with Gasteiger partial charge in [0.15, 0.2) is 37.6 Å². The summed E-state index contributed by atoms with van der Waals surface area (Å²) >= 11 is 0. The van der Waals surface area contributed by atoms with Crippen molar-refractivity contribution < 1.29 is 148 Å². The number of aliphatic hydroxyl groups excluding tert-OH is 13. The molecule has 6 aliphatic heterocycles. The van der Waals surface area contributed by atoms with E-state index in [1.165, 1.54) is 0 Å². The van der Waals surface area contributed by atoms with Gasteiger partial charge in [0.25, 0.3) is 5.79 Å². The minimum atomic E-state index is -2.37. The van der Waals surface area contributed by atoms with Crippen LogP contribution in [-0.4, -0.2) is 280 Å².